The van der Waals surface area contributed by atoms with Crippen LogP contribution in [-0.2, 0) is 4.74 Å². The summed E-state index contributed by atoms with van der Waals surface area (Å²) in [6.45, 7) is 6.80. The van der Waals surface area contributed by atoms with Gasteiger partial charge >= 0.3 is 0 Å². The van der Waals surface area contributed by atoms with E-state index in [-0.39, 0.29) is 23.8 Å². The Morgan fingerprint density at radius 1 is 1.48 bits per heavy atom. The van der Waals surface area contributed by atoms with Crippen LogP contribution in [0.5, 0.6) is 0 Å². The van der Waals surface area contributed by atoms with Gasteiger partial charge in [0.15, 0.2) is 5.76 Å². The minimum absolute atomic E-state index is 0.00497. The number of H-pyrrole nitrogens is 1. The number of nitrogens with one attached hydrogen (secondary N) is 1. The van der Waals surface area contributed by atoms with E-state index in [4.69, 9.17) is 9.26 Å². The van der Waals surface area contributed by atoms with Gasteiger partial charge in [0, 0.05) is 26.1 Å². The molecule has 1 aliphatic heterocycles. The van der Waals surface area contributed by atoms with Gasteiger partial charge in [-0.2, -0.15) is 15.4 Å². The molecular formula is C15H21N5O3. The topological polar surface area (TPSA) is 97.1 Å². The molecule has 0 bridgehead atoms. The number of amides is 1. The summed E-state index contributed by atoms with van der Waals surface area (Å²) in [6, 6.07) is 0. The lowest BCUT2D eigenvalue weighted by Crippen LogP contribution is -2.31. The highest BCUT2D eigenvalue weighted by atomic mass is 16.5. The fourth-order valence-electron chi connectivity index (χ4n) is 3.05. The first-order valence-corrected chi connectivity index (χ1v) is 7.66. The van der Waals surface area contributed by atoms with Gasteiger partial charge in [-0.05, 0) is 6.92 Å². The number of rotatable bonds is 4. The normalized spacial score (nSPS) is 21.3. The first-order valence-electron chi connectivity index (χ1n) is 7.66. The van der Waals surface area contributed by atoms with Gasteiger partial charge in [-0.25, -0.2) is 0 Å². The van der Waals surface area contributed by atoms with E-state index in [0.29, 0.717) is 30.1 Å². The summed E-state index contributed by atoms with van der Waals surface area (Å²) in [7, 11) is 1.65. The molecule has 23 heavy (non-hydrogen) atoms. The van der Waals surface area contributed by atoms with Crippen LogP contribution in [0.2, 0.25) is 0 Å². The van der Waals surface area contributed by atoms with Crippen molar-refractivity contribution in [3.8, 4) is 0 Å². The van der Waals surface area contributed by atoms with E-state index in [1.807, 2.05) is 13.8 Å². The van der Waals surface area contributed by atoms with Crippen molar-refractivity contribution in [1.29, 1.82) is 0 Å². The third-order valence-corrected chi connectivity index (χ3v) is 4.30. The quantitative estimate of drug-likeness (QED) is 0.916. The summed E-state index contributed by atoms with van der Waals surface area (Å²) in [4.78, 5) is 14.7. The smallest absolute Gasteiger partial charge is 0.259 e. The monoisotopic (exact) mass is 319 g/mol. The van der Waals surface area contributed by atoms with Crippen LogP contribution in [0.1, 0.15) is 53.2 Å². The minimum atomic E-state index is -0.105. The van der Waals surface area contributed by atoms with E-state index in [0.717, 1.165) is 5.69 Å². The molecule has 8 nitrogen and oxygen atoms in total. The lowest BCUT2D eigenvalue weighted by Gasteiger charge is -2.16. The van der Waals surface area contributed by atoms with E-state index >= 15 is 0 Å². The molecule has 0 radical (unpaired) electrons. The van der Waals surface area contributed by atoms with Gasteiger partial charge in [-0.1, -0.05) is 19.0 Å². The van der Waals surface area contributed by atoms with E-state index in [1.165, 1.54) is 0 Å². The second-order valence-corrected chi connectivity index (χ2v) is 6.15. The Labute approximate surface area is 134 Å². The molecule has 0 aromatic carbocycles. The number of ether oxygens (including phenoxy) is 1. The van der Waals surface area contributed by atoms with E-state index in [2.05, 4.69) is 20.6 Å². The molecule has 2 aromatic heterocycles. The maximum Gasteiger partial charge on any atom is 0.259 e. The molecule has 1 saturated heterocycles. The maximum atomic E-state index is 13.0. The molecule has 1 N–H and O–H groups in total. The zero-order valence-corrected chi connectivity index (χ0v) is 13.7. The summed E-state index contributed by atoms with van der Waals surface area (Å²) >= 11 is 0. The van der Waals surface area contributed by atoms with Gasteiger partial charge < -0.3 is 14.2 Å². The third kappa shape index (κ3) is 2.74. The van der Waals surface area contributed by atoms with Crippen molar-refractivity contribution in [2.75, 3.05) is 20.2 Å². The van der Waals surface area contributed by atoms with Crippen LogP contribution in [0, 0.1) is 6.92 Å². The minimum Gasteiger partial charge on any atom is -0.379 e. The van der Waals surface area contributed by atoms with Crippen LogP contribution in [0.3, 0.4) is 0 Å². The Bertz CT molecular complexity index is 679. The maximum absolute atomic E-state index is 13.0. The number of methoxy groups -OCH3 is 1. The van der Waals surface area contributed by atoms with Crippen molar-refractivity contribution in [2.24, 2.45) is 0 Å². The van der Waals surface area contributed by atoms with Crippen LogP contribution in [0.4, 0.5) is 0 Å². The van der Waals surface area contributed by atoms with Crippen molar-refractivity contribution in [2.45, 2.75) is 38.7 Å². The second kappa shape index (κ2) is 6.11. The van der Waals surface area contributed by atoms with Crippen LogP contribution < -0.4 is 0 Å². The van der Waals surface area contributed by atoms with Gasteiger partial charge in [-0.3, -0.25) is 4.79 Å². The fraction of sp³-hybridized carbons (Fsp3) is 0.600. The number of carbonyl (C=O) groups is 1. The molecular weight excluding hydrogens is 298 g/mol. The average Bonchev–Trinajstić information content (AvgIpc) is 3.24. The Hall–Kier alpha value is -2.22. The Morgan fingerprint density at radius 2 is 2.26 bits per heavy atom. The van der Waals surface area contributed by atoms with Crippen molar-refractivity contribution in [3.05, 3.63) is 28.9 Å². The highest BCUT2D eigenvalue weighted by Crippen LogP contribution is 2.31. The lowest BCUT2D eigenvalue weighted by atomic mass is 10.0. The molecule has 1 amide bonds. The molecule has 0 aliphatic carbocycles. The van der Waals surface area contributed by atoms with Crippen molar-refractivity contribution in [3.63, 3.8) is 0 Å². The van der Waals surface area contributed by atoms with Gasteiger partial charge in [0.25, 0.3) is 5.91 Å². The van der Waals surface area contributed by atoms with Crippen LogP contribution >= 0.6 is 0 Å². The SMILES string of the molecule is CO[C@@H]1CN(C(=O)c2c(C)noc2C(C)C)C[C@H]1c1cn[nH]n1. The fourth-order valence-corrected chi connectivity index (χ4v) is 3.05. The van der Waals surface area contributed by atoms with E-state index in [1.54, 1.807) is 25.1 Å². The van der Waals surface area contributed by atoms with Crippen LogP contribution in [0.15, 0.2) is 10.7 Å². The number of hydrogen-bond acceptors (Lipinski definition) is 6. The molecule has 3 rings (SSSR count). The predicted molar refractivity (Wildman–Crippen MR) is 81.2 cm³/mol. The standard InChI is InChI=1S/C15H21N5O3/c1-8(2)14-13(9(3)18-23-14)15(21)20-6-10(12(7-20)22-4)11-5-16-19-17-11/h5,8,10,12H,6-7H2,1-4H3,(H,16,17,19)/t10-,12+/m0/s1. The van der Waals surface area contributed by atoms with E-state index in [9.17, 15) is 4.79 Å². The Balaban J connectivity index is 1.86. The zero-order valence-electron chi connectivity index (χ0n) is 13.7. The molecule has 1 aliphatic rings. The largest absolute Gasteiger partial charge is 0.379 e. The summed E-state index contributed by atoms with van der Waals surface area (Å²) in [6.07, 6.45) is 1.57. The number of likely N-dealkylation sites (tertiary alicyclic amines) is 1. The Kier molecular flexibility index (Phi) is 4.16. The highest BCUT2D eigenvalue weighted by Gasteiger charge is 2.39. The molecule has 2 atom stereocenters. The molecule has 3 heterocycles. The zero-order chi connectivity index (χ0) is 16.6. The van der Waals surface area contributed by atoms with Crippen molar-refractivity contribution < 1.29 is 14.1 Å². The summed E-state index contributed by atoms with van der Waals surface area (Å²) in [5, 5.41) is 14.5. The lowest BCUT2D eigenvalue weighted by molar-refractivity contribution is 0.0711. The van der Waals surface area contributed by atoms with Gasteiger partial charge in [0.1, 0.15) is 5.56 Å². The molecule has 0 saturated carbocycles. The summed E-state index contributed by atoms with van der Waals surface area (Å²) < 4.78 is 10.9. The van der Waals surface area contributed by atoms with Gasteiger partial charge in [-0.15, -0.1) is 0 Å². The van der Waals surface area contributed by atoms with Crippen LogP contribution in [-0.4, -0.2) is 57.7 Å². The summed E-state index contributed by atoms with van der Waals surface area (Å²) in [5.41, 5.74) is 1.99. The number of nitrogens with zero attached hydrogens (tertiary/aromatic N) is 4. The van der Waals surface area contributed by atoms with Crippen molar-refractivity contribution >= 4 is 5.91 Å². The highest BCUT2D eigenvalue weighted by molar-refractivity contribution is 5.96. The number of hydrogen-bond donors (Lipinski definition) is 1. The predicted octanol–water partition coefficient (Wildman–Crippen LogP) is 1.48. The number of aromatic nitrogens is 4. The van der Waals surface area contributed by atoms with Gasteiger partial charge in [0.05, 0.1) is 29.6 Å². The molecule has 124 valence electrons. The third-order valence-electron chi connectivity index (χ3n) is 4.30. The second-order valence-electron chi connectivity index (χ2n) is 6.15. The van der Waals surface area contributed by atoms with E-state index < -0.39 is 0 Å². The van der Waals surface area contributed by atoms with Crippen molar-refractivity contribution in [1.82, 2.24) is 25.5 Å². The molecule has 0 spiro atoms. The van der Waals surface area contributed by atoms with Gasteiger partial charge in [0.2, 0.25) is 0 Å². The molecule has 1 fully saturated rings. The molecule has 2 aromatic rings. The first-order chi connectivity index (χ1) is 11.0. The number of carbonyl (C=O) groups excluding carboxylic acids is 1. The molecule has 0 unspecified atom stereocenters. The van der Waals surface area contributed by atoms with Crippen LogP contribution in [0.25, 0.3) is 0 Å². The number of aromatic amines is 1. The average molecular weight is 319 g/mol. The first kappa shape index (κ1) is 15.7. The number of aryl methyl sites for hydroxylation is 1. The summed E-state index contributed by atoms with van der Waals surface area (Å²) in [5.74, 6) is 0.666. The molecule has 8 heteroatoms. The Morgan fingerprint density at radius 3 is 2.87 bits per heavy atom.